The van der Waals surface area contributed by atoms with Gasteiger partial charge in [0.15, 0.2) is 5.13 Å². The van der Waals surface area contributed by atoms with Crippen molar-refractivity contribution >= 4 is 39.9 Å². The average Bonchev–Trinajstić information content (AvgIpc) is 3.54. The standard InChI is InChI=1S/C34H30N2O7S/c1-5-17-42-33(40)31-21(3)35-34(44-31)36-28(23-9-13-25(41-4)14-10-23)27(30(38)32(36)39)29(37)24-11-15-26(16-12-24)43-19-22-8-6-7-20(2)18-22/h5-16,18,28,37H,1,17,19H2,2-4H3. The van der Waals surface area contributed by atoms with Gasteiger partial charge in [0.1, 0.15) is 35.3 Å². The van der Waals surface area contributed by atoms with Crippen LogP contribution >= 0.6 is 11.3 Å². The Bertz CT molecular complexity index is 1760. The van der Waals surface area contributed by atoms with Crippen LogP contribution in [0.1, 0.15) is 43.7 Å². The minimum atomic E-state index is -1.03. The summed E-state index contributed by atoms with van der Waals surface area (Å²) >= 11 is 0.931. The number of methoxy groups -OCH3 is 1. The zero-order valence-corrected chi connectivity index (χ0v) is 25.2. The van der Waals surface area contributed by atoms with Gasteiger partial charge in [0.2, 0.25) is 0 Å². The lowest BCUT2D eigenvalue weighted by atomic mass is 9.95. The van der Waals surface area contributed by atoms with Crippen LogP contribution in [0.25, 0.3) is 5.76 Å². The number of anilines is 1. The van der Waals surface area contributed by atoms with Crippen molar-refractivity contribution in [2.24, 2.45) is 0 Å². The van der Waals surface area contributed by atoms with Crippen molar-refractivity contribution in [3.05, 3.63) is 124 Å². The third-order valence-electron chi connectivity index (χ3n) is 7.00. The molecule has 10 heteroatoms. The second-order valence-electron chi connectivity index (χ2n) is 10.0. The summed E-state index contributed by atoms with van der Waals surface area (Å²) in [5.41, 5.74) is 3.24. The first-order valence-electron chi connectivity index (χ1n) is 13.7. The number of thiazole rings is 1. The van der Waals surface area contributed by atoms with Crippen molar-refractivity contribution in [2.45, 2.75) is 26.5 Å². The molecule has 1 N–H and O–H groups in total. The molecule has 1 aromatic heterocycles. The molecule has 44 heavy (non-hydrogen) atoms. The zero-order chi connectivity index (χ0) is 31.4. The van der Waals surface area contributed by atoms with E-state index < -0.39 is 23.7 Å². The van der Waals surface area contributed by atoms with Gasteiger partial charge in [0.25, 0.3) is 5.78 Å². The van der Waals surface area contributed by atoms with Crippen molar-refractivity contribution in [2.75, 3.05) is 18.6 Å². The monoisotopic (exact) mass is 610 g/mol. The number of aromatic nitrogens is 1. The van der Waals surface area contributed by atoms with Gasteiger partial charge in [0.05, 0.1) is 24.4 Å². The minimum Gasteiger partial charge on any atom is -0.507 e. The summed E-state index contributed by atoms with van der Waals surface area (Å²) in [6.45, 7) is 7.55. The van der Waals surface area contributed by atoms with Crippen LogP contribution in [0.4, 0.5) is 5.13 Å². The van der Waals surface area contributed by atoms with Gasteiger partial charge in [-0.15, -0.1) is 0 Å². The molecule has 224 valence electrons. The Morgan fingerprint density at radius 1 is 1.05 bits per heavy atom. The van der Waals surface area contributed by atoms with E-state index in [1.807, 2.05) is 31.2 Å². The van der Waals surface area contributed by atoms with Crippen LogP contribution in [0, 0.1) is 13.8 Å². The highest BCUT2D eigenvalue weighted by Crippen LogP contribution is 2.44. The number of ketones is 1. The van der Waals surface area contributed by atoms with Crippen molar-refractivity contribution in [3.8, 4) is 11.5 Å². The molecule has 2 heterocycles. The van der Waals surface area contributed by atoms with E-state index in [0.29, 0.717) is 34.9 Å². The van der Waals surface area contributed by atoms with E-state index in [2.05, 4.69) is 11.6 Å². The highest BCUT2D eigenvalue weighted by atomic mass is 32.1. The Labute approximate surface area is 258 Å². The van der Waals surface area contributed by atoms with Crippen LogP contribution in [0.2, 0.25) is 0 Å². The predicted octanol–water partition coefficient (Wildman–Crippen LogP) is 6.32. The highest BCUT2D eigenvalue weighted by Gasteiger charge is 2.48. The molecule has 1 aliphatic heterocycles. The first-order valence-corrected chi connectivity index (χ1v) is 14.5. The molecule has 1 unspecified atom stereocenters. The molecule has 3 aromatic carbocycles. The molecule has 0 aliphatic carbocycles. The fourth-order valence-corrected chi connectivity index (χ4v) is 5.83. The molecule has 9 nitrogen and oxygen atoms in total. The first-order chi connectivity index (χ1) is 21.2. The van der Waals surface area contributed by atoms with E-state index in [-0.39, 0.29) is 27.9 Å². The largest absolute Gasteiger partial charge is 0.507 e. The van der Waals surface area contributed by atoms with Gasteiger partial charge in [-0.2, -0.15) is 0 Å². The Morgan fingerprint density at radius 3 is 2.41 bits per heavy atom. The van der Waals surface area contributed by atoms with E-state index in [1.165, 1.54) is 18.1 Å². The number of carbonyl (C=O) groups is 3. The molecule has 0 bridgehead atoms. The molecule has 0 spiro atoms. The van der Waals surface area contributed by atoms with Gasteiger partial charge < -0.3 is 19.3 Å². The Balaban J connectivity index is 1.52. The number of ether oxygens (including phenoxy) is 3. The summed E-state index contributed by atoms with van der Waals surface area (Å²) in [4.78, 5) is 45.5. The maximum atomic E-state index is 13.5. The number of nitrogens with zero attached hydrogens (tertiary/aromatic N) is 2. The highest BCUT2D eigenvalue weighted by molar-refractivity contribution is 7.17. The van der Waals surface area contributed by atoms with Crippen molar-refractivity contribution in [1.82, 2.24) is 4.98 Å². The lowest BCUT2D eigenvalue weighted by Crippen LogP contribution is -2.29. The minimum absolute atomic E-state index is 0.0115. The molecular weight excluding hydrogens is 580 g/mol. The zero-order valence-electron chi connectivity index (χ0n) is 24.4. The van der Waals surface area contributed by atoms with Crippen LogP contribution in [-0.4, -0.2) is 41.5 Å². The number of aryl methyl sites for hydroxylation is 2. The van der Waals surface area contributed by atoms with E-state index >= 15 is 0 Å². The molecule has 1 saturated heterocycles. The van der Waals surface area contributed by atoms with Crippen LogP contribution < -0.4 is 14.4 Å². The smallest absolute Gasteiger partial charge is 0.350 e. The topological polar surface area (TPSA) is 115 Å². The second-order valence-corrected chi connectivity index (χ2v) is 11.0. The third kappa shape index (κ3) is 6.11. The lowest BCUT2D eigenvalue weighted by molar-refractivity contribution is -0.132. The average molecular weight is 611 g/mol. The summed E-state index contributed by atoms with van der Waals surface area (Å²) < 4.78 is 16.3. The van der Waals surface area contributed by atoms with Gasteiger partial charge >= 0.3 is 11.9 Å². The summed E-state index contributed by atoms with van der Waals surface area (Å²) in [7, 11) is 1.53. The predicted molar refractivity (Wildman–Crippen MR) is 167 cm³/mol. The number of rotatable bonds is 10. The molecule has 1 aliphatic rings. The van der Waals surface area contributed by atoms with Gasteiger partial charge in [-0.25, -0.2) is 9.78 Å². The number of hydrogen-bond donors (Lipinski definition) is 1. The number of amides is 1. The molecule has 0 radical (unpaired) electrons. The van der Waals surface area contributed by atoms with E-state index in [9.17, 15) is 19.5 Å². The van der Waals surface area contributed by atoms with E-state index in [0.717, 1.165) is 22.5 Å². The number of carbonyl (C=O) groups excluding carboxylic acids is 3. The number of hydrogen-bond acceptors (Lipinski definition) is 9. The molecule has 1 atom stereocenters. The van der Waals surface area contributed by atoms with E-state index in [4.69, 9.17) is 14.2 Å². The normalized spacial score (nSPS) is 15.7. The van der Waals surface area contributed by atoms with Crippen molar-refractivity contribution < 1.29 is 33.7 Å². The summed E-state index contributed by atoms with van der Waals surface area (Å²) in [5.74, 6) is -1.59. The maximum absolute atomic E-state index is 13.5. The molecule has 4 aromatic rings. The Hall–Kier alpha value is -5.22. The second kappa shape index (κ2) is 13.0. The van der Waals surface area contributed by atoms with E-state index in [1.54, 1.807) is 55.5 Å². The molecule has 1 fully saturated rings. The van der Waals surface area contributed by atoms with Crippen LogP contribution in [-0.2, 0) is 20.9 Å². The van der Waals surface area contributed by atoms with Gasteiger partial charge in [-0.05, 0) is 61.4 Å². The lowest BCUT2D eigenvalue weighted by Gasteiger charge is -2.23. The Kier molecular flexibility index (Phi) is 8.91. The van der Waals surface area contributed by atoms with Crippen molar-refractivity contribution in [1.29, 1.82) is 0 Å². The van der Waals surface area contributed by atoms with Crippen LogP contribution in [0.3, 0.4) is 0 Å². The molecular formula is C34H30N2O7S. The fraction of sp³-hybridized carbons (Fsp3) is 0.176. The summed E-state index contributed by atoms with van der Waals surface area (Å²) in [6, 6.07) is 20.4. The number of aliphatic hydroxyl groups is 1. The fourth-order valence-electron chi connectivity index (χ4n) is 4.84. The molecule has 5 rings (SSSR count). The first kappa shape index (κ1) is 30.2. The third-order valence-corrected chi connectivity index (χ3v) is 8.14. The number of benzene rings is 3. The maximum Gasteiger partial charge on any atom is 0.350 e. The number of Topliss-reactive ketones (excluding diaryl/α,β-unsaturated/α-hetero) is 1. The van der Waals surface area contributed by atoms with Crippen LogP contribution in [0.5, 0.6) is 11.5 Å². The molecule has 0 saturated carbocycles. The van der Waals surface area contributed by atoms with Gasteiger partial charge in [-0.1, -0.05) is 66.0 Å². The van der Waals surface area contributed by atoms with Gasteiger partial charge in [-0.3, -0.25) is 14.5 Å². The van der Waals surface area contributed by atoms with Gasteiger partial charge in [0, 0.05) is 5.56 Å². The SMILES string of the molecule is C=CCOC(=O)c1sc(N2C(=O)C(=O)C(=C(O)c3ccc(OCc4cccc(C)c4)cc3)C2c2ccc(OC)cc2)nc1C. The number of esters is 1. The quantitative estimate of drug-likeness (QED) is 0.0730. The van der Waals surface area contributed by atoms with Crippen LogP contribution in [0.15, 0.2) is 91.0 Å². The molecule has 1 amide bonds. The summed E-state index contributed by atoms with van der Waals surface area (Å²) in [5, 5.41) is 11.6. The van der Waals surface area contributed by atoms with Crippen molar-refractivity contribution in [3.63, 3.8) is 0 Å². The number of aliphatic hydroxyl groups excluding tert-OH is 1. The summed E-state index contributed by atoms with van der Waals surface area (Å²) in [6.07, 6.45) is 1.44. The Morgan fingerprint density at radius 2 is 1.75 bits per heavy atom.